The van der Waals surface area contributed by atoms with Crippen LogP contribution in [-0.2, 0) is 6.18 Å². The molecular weight excluding hydrogens is 259 g/mol. The van der Waals surface area contributed by atoms with Crippen LogP contribution in [-0.4, -0.2) is 15.6 Å². The van der Waals surface area contributed by atoms with Crippen molar-refractivity contribution in [2.24, 2.45) is 5.92 Å². The Kier molecular flexibility index (Phi) is 3.60. The first-order chi connectivity index (χ1) is 8.79. The number of aromatic carboxylic acids is 1. The van der Waals surface area contributed by atoms with Crippen LogP contribution in [0.4, 0.5) is 13.2 Å². The number of rotatable bonds is 2. The number of carboxylic acid groups (broad SMARTS) is 1. The van der Waals surface area contributed by atoms with Crippen molar-refractivity contribution in [1.29, 1.82) is 0 Å². The molecule has 1 heterocycles. The number of hydrogen-bond donors (Lipinski definition) is 1. The normalized spacial score (nSPS) is 24.4. The highest BCUT2D eigenvalue weighted by Gasteiger charge is 2.37. The highest BCUT2D eigenvalue weighted by molar-refractivity contribution is 5.89. The quantitative estimate of drug-likeness (QED) is 0.887. The van der Waals surface area contributed by atoms with Crippen LogP contribution in [0.2, 0.25) is 0 Å². The second-order valence-corrected chi connectivity index (χ2v) is 5.26. The Morgan fingerprint density at radius 3 is 2.53 bits per heavy atom. The average molecular weight is 275 g/mol. The van der Waals surface area contributed by atoms with E-state index in [-0.39, 0.29) is 6.04 Å². The zero-order valence-electron chi connectivity index (χ0n) is 10.6. The Balaban J connectivity index is 2.35. The lowest BCUT2D eigenvalue weighted by molar-refractivity contribution is -0.138. The van der Waals surface area contributed by atoms with Crippen LogP contribution in [0.1, 0.15) is 54.6 Å². The Morgan fingerprint density at radius 2 is 2.05 bits per heavy atom. The van der Waals surface area contributed by atoms with E-state index in [4.69, 9.17) is 5.11 Å². The van der Waals surface area contributed by atoms with Crippen molar-refractivity contribution in [3.8, 4) is 0 Å². The summed E-state index contributed by atoms with van der Waals surface area (Å²) in [7, 11) is 0. The molecule has 1 aliphatic rings. The summed E-state index contributed by atoms with van der Waals surface area (Å²) in [6.45, 7) is 2.07. The van der Waals surface area contributed by atoms with Crippen LogP contribution in [0.25, 0.3) is 0 Å². The molecule has 0 saturated heterocycles. The fourth-order valence-electron chi connectivity index (χ4n) is 2.75. The number of aromatic nitrogens is 1. The summed E-state index contributed by atoms with van der Waals surface area (Å²) < 4.78 is 39.8. The third kappa shape index (κ3) is 2.93. The Labute approximate surface area is 109 Å². The van der Waals surface area contributed by atoms with Crippen LogP contribution >= 0.6 is 0 Å². The Morgan fingerprint density at radius 1 is 1.37 bits per heavy atom. The minimum absolute atomic E-state index is 0.0297. The summed E-state index contributed by atoms with van der Waals surface area (Å²) >= 11 is 0. The van der Waals surface area contributed by atoms with Gasteiger partial charge in [0.1, 0.15) is 0 Å². The van der Waals surface area contributed by atoms with Crippen LogP contribution in [0.3, 0.4) is 0 Å². The van der Waals surface area contributed by atoms with Gasteiger partial charge in [0, 0.05) is 18.4 Å². The van der Waals surface area contributed by atoms with Gasteiger partial charge in [0.2, 0.25) is 0 Å². The molecule has 2 unspecified atom stereocenters. The number of hydrogen-bond acceptors (Lipinski definition) is 1. The Bertz CT molecular complexity index is 479. The molecule has 19 heavy (non-hydrogen) atoms. The van der Waals surface area contributed by atoms with Crippen molar-refractivity contribution in [2.45, 2.75) is 44.8 Å². The van der Waals surface area contributed by atoms with Gasteiger partial charge in [-0.3, -0.25) is 0 Å². The summed E-state index contributed by atoms with van der Waals surface area (Å²) in [5.41, 5.74) is -1.72. The van der Waals surface area contributed by atoms with E-state index in [1.165, 1.54) is 4.57 Å². The van der Waals surface area contributed by atoms with E-state index < -0.39 is 23.3 Å². The van der Waals surface area contributed by atoms with Crippen molar-refractivity contribution in [2.75, 3.05) is 0 Å². The first-order valence-corrected chi connectivity index (χ1v) is 6.31. The molecule has 0 spiro atoms. The standard InChI is InChI=1S/C13H16F3NO2/c1-8-3-2-4-9(5-8)17-6-10(12(18)19)11(7-17)13(14,15)16/h6-9H,2-5H2,1H3,(H,18,19). The topological polar surface area (TPSA) is 42.2 Å². The van der Waals surface area contributed by atoms with Gasteiger partial charge >= 0.3 is 12.1 Å². The minimum Gasteiger partial charge on any atom is -0.478 e. The van der Waals surface area contributed by atoms with E-state index in [0.717, 1.165) is 38.1 Å². The molecular formula is C13H16F3NO2. The zero-order chi connectivity index (χ0) is 14.2. The van der Waals surface area contributed by atoms with E-state index in [1.807, 2.05) is 0 Å². The molecule has 106 valence electrons. The van der Waals surface area contributed by atoms with Gasteiger partial charge in [0.25, 0.3) is 0 Å². The van der Waals surface area contributed by atoms with Gasteiger partial charge in [-0.05, 0) is 18.8 Å². The predicted octanol–water partition coefficient (Wildman–Crippen LogP) is 3.96. The third-order valence-corrected chi connectivity index (χ3v) is 3.71. The fourth-order valence-corrected chi connectivity index (χ4v) is 2.75. The molecule has 1 saturated carbocycles. The first kappa shape index (κ1) is 14.0. The highest BCUT2D eigenvalue weighted by atomic mass is 19.4. The summed E-state index contributed by atoms with van der Waals surface area (Å²) in [6, 6.07) is -0.0297. The maximum absolute atomic E-state index is 12.8. The second kappa shape index (κ2) is 4.90. The molecule has 6 heteroatoms. The molecule has 3 nitrogen and oxygen atoms in total. The average Bonchev–Trinajstić information content (AvgIpc) is 2.73. The van der Waals surface area contributed by atoms with Gasteiger partial charge in [-0.2, -0.15) is 13.2 Å². The predicted molar refractivity (Wildman–Crippen MR) is 63.1 cm³/mol. The number of halogens is 3. The fraction of sp³-hybridized carbons (Fsp3) is 0.615. The molecule has 1 aromatic heterocycles. The van der Waals surface area contributed by atoms with Gasteiger partial charge in [0.15, 0.2) is 0 Å². The van der Waals surface area contributed by atoms with Crippen molar-refractivity contribution >= 4 is 5.97 Å². The van der Waals surface area contributed by atoms with Gasteiger partial charge in [0.05, 0.1) is 11.1 Å². The maximum atomic E-state index is 12.8. The number of carboxylic acids is 1. The van der Waals surface area contributed by atoms with Crippen LogP contribution in [0, 0.1) is 5.92 Å². The summed E-state index contributed by atoms with van der Waals surface area (Å²) in [4.78, 5) is 10.9. The van der Waals surface area contributed by atoms with E-state index in [1.54, 1.807) is 0 Å². The SMILES string of the molecule is CC1CCCC(n2cc(C(=O)O)c(C(F)(F)F)c2)C1. The van der Waals surface area contributed by atoms with E-state index in [0.29, 0.717) is 5.92 Å². The van der Waals surface area contributed by atoms with Crippen molar-refractivity contribution in [1.82, 2.24) is 4.57 Å². The smallest absolute Gasteiger partial charge is 0.418 e. The number of nitrogens with zero attached hydrogens (tertiary/aromatic N) is 1. The molecule has 0 amide bonds. The van der Waals surface area contributed by atoms with Gasteiger partial charge in [-0.15, -0.1) is 0 Å². The molecule has 1 N–H and O–H groups in total. The van der Waals surface area contributed by atoms with Crippen molar-refractivity contribution < 1.29 is 23.1 Å². The molecule has 2 rings (SSSR count). The molecule has 0 radical (unpaired) electrons. The highest BCUT2D eigenvalue weighted by Crippen LogP contribution is 2.37. The molecule has 0 aliphatic heterocycles. The zero-order valence-corrected chi connectivity index (χ0v) is 10.6. The molecule has 0 aromatic carbocycles. The van der Waals surface area contributed by atoms with Crippen LogP contribution in [0.5, 0.6) is 0 Å². The number of carbonyl (C=O) groups is 1. The second-order valence-electron chi connectivity index (χ2n) is 5.26. The van der Waals surface area contributed by atoms with Crippen LogP contribution in [0.15, 0.2) is 12.4 Å². The number of alkyl halides is 3. The van der Waals surface area contributed by atoms with Crippen LogP contribution < -0.4 is 0 Å². The van der Waals surface area contributed by atoms with Crippen molar-refractivity contribution in [3.63, 3.8) is 0 Å². The molecule has 0 bridgehead atoms. The largest absolute Gasteiger partial charge is 0.478 e. The molecule has 2 atom stereocenters. The maximum Gasteiger partial charge on any atom is 0.418 e. The third-order valence-electron chi connectivity index (χ3n) is 3.71. The monoisotopic (exact) mass is 275 g/mol. The lowest BCUT2D eigenvalue weighted by Gasteiger charge is -2.28. The lowest BCUT2D eigenvalue weighted by Crippen LogP contribution is -2.16. The summed E-state index contributed by atoms with van der Waals surface area (Å²) in [5, 5.41) is 8.88. The Hall–Kier alpha value is -1.46. The van der Waals surface area contributed by atoms with Gasteiger partial charge in [-0.1, -0.05) is 19.8 Å². The minimum atomic E-state index is -4.63. The van der Waals surface area contributed by atoms with Gasteiger partial charge in [-0.25, -0.2) is 4.79 Å². The molecule has 1 fully saturated rings. The van der Waals surface area contributed by atoms with E-state index in [2.05, 4.69) is 6.92 Å². The summed E-state index contributed by atoms with van der Waals surface area (Å²) in [6.07, 6.45) is 1.07. The molecule has 1 aliphatic carbocycles. The lowest BCUT2D eigenvalue weighted by atomic mass is 9.87. The van der Waals surface area contributed by atoms with Gasteiger partial charge < -0.3 is 9.67 Å². The first-order valence-electron chi connectivity index (χ1n) is 6.31. The van der Waals surface area contributed by atoms with Crippen molar-refractivity contribution in [3.05, 3.63) is 23.5 Å². The summed E-state index contributed by atoms with van der Waals surface area (Å²) in [5.74, 6) is -1.07. The van der Waals surface area contributed by atoms with E-state index >= 15 is 0 Å². The molecule has 1 aromatic rings. The van der Waals surface area contributed by atoms with E-state index in [9.17, 15) is 18.0 Å².